The van der Waals surface area contributed by atoms with E-state index < -0.39 is 0 Å². The van der Waals surface area contributed by atoms with Gasteiger partial charge in [0.05, 0.1) is 11.1 Å². The van der Waals surface area contributed by atoms with Crippen molar-refractivity contribution in [2.45, 2.75) is 19.8 Å². The third kappa shape index (κ3) is 3.60. The number of nitrogens with zero attached hydrogens (tertiary/aromatic N) is 2. The van der Waals surface area contributed by atoms with Gasteiger partial charge in [-0.15, -0.1) is 0 Å². The number of carbonyl (C=O) groups excluding carboxylic acids is 1. The van der Waals surface area contributed by atoms with E-state index in [0.29, 0.717) is 35.5 Å². The normalized spacial score (nSPS) is 14.8. The predicted molar refractivity (Wildman–Crippen MR) is 86.4 cm³/mol. The molecule has 1 saturated heterocycles. The highest BCUT2D eigenvalue weighted by Crippen LogP contribution is 2.36. The van der Waals surface area contributed by atoms with Gasteiger partial charge in [-0.3, -0.25) is 4.79 Å². The number of benzene rings is 1. The Kier molecular flexibility index (Phi) is 5.45. The van der Waals surface area contributed by atoms with Gasteiger partial charge in [0.15, 0.2) is 11.5 Å². The van der Waals surface area contributed by atoms with Crippen LogP contribution in [0.3, 0.4) is 0 Å². The molecule has 1 fully saturated rings. The first-order valence-corrected chi connectivity index (χ1v) is 7.92. The molecule has 0 bridgehead atoms. The maximum atomic E-state index is 12.3. The maximum Gasteiger partial charge on any atom is 0.264 e. The zero-order chi connectivity index (χ0) is 16.1. The molecule has 0 atom stereocenters. The fourth-order valence-electron chi connectivity index (χ4n) is 2.34. The smallest absolute Gasteiger partial charge is 0.264 e. The SMILES string of the molecule is CCOc1cc(/C=C(\C#N)C(=O)N2CCCC2)cc(Br)c1O. The van der Waals surface area contributed by atoms with Crippen molar-refractivity contribution in [2.75, 3.05) is 19.7 Å². The highest BCUT2D eigenvalue weighted by molar-refractivity contribution is 9.10. The minimum absolute atomic E-state index is 0.00313. The van der Waals surface area contributed by atoms with Crippen LogP contribution in [0.25, 0.3) is 6.08 Å². The third-order valence-electron chi connectivity index (χ3n) is 3.41. The van der Waals surface area contributed by atoms with Gasteiger partial charge in [-0.1, -0.05) is 0 Å². The highest BCUT2D eigenvalue weighted by Gasteiger charge is 2.21. The lowest BCUT2D eigenvalue weighted by molar-refractivity contribution is -0.125. The largest absolute Gasteiger partial charge is 0.503 e. The van der Waals surface area contributed by atoms with Gasteiger partial charge in [0.1, 0.15) is 11.6 Å². The van der Waals surface area contributed by atoms with E-state index in [9.17, 15) is 15.2 Å². The number of ether oxygens (including phenoxy) is 1. The lowest BCUT2D eigenvalue weighted by Crippen LogP contribution is -2.28. The van der Waals surface area contributed by atoms with Crippen LogP contribution in [0.1, 0.15) is 25.3 Å². The van der Waals surface area contributed by atoms with Crippen molar-refractivity contribution in [3.05, 3.63) is 27.7 Å². The summed E-state index contributed by atoms with van der Waals surface area (Å²) in [5.74, 6) is 0.0690. The summed E-state index contributed by atoms with van der Waals surface area (Å²) in [6, 6.07) is 5.22. The summed E-state index contributed by atoms with van der Waals surface area (Å²) in [6.45, 7) is 3.61. The second kappa shape index (κ2) is 7.32. The van der Waals surface area contributed by atoms with E-state index in [1.54, 1.807) is 17.0 Å². The molecule has 2 rings (SSSR count). The van der Waals surface area contributed by atoms with Gasteiger partial charge in [-0.25, -0.2) is 0 Å². The van der Waals surface area contributed by atoms with Crippen molar-refractivity contribution in [1.82, 2.24) is 4.90 Å². The Morgan fingerprint density at radius 3 is 2.77 bits per heavy atom. The van der Waals surface area contributed by atoms with E-state index in [2.05, 4.69) is 15.9 Å². The number of likely N-dealkylation sites (tertiary alicyclic amines) is 1. The minimum atomic E-state index is -0.248. The molecule has 5 nitrogen and oxygen atoms in total. The van der Waals surface area contributed by atoms with Crippen LogP contribution in [0.2, 0.25) is 0 Å². The summed E-state index contributed by atoms with van der Waals surface area (Å²) in [5.41, 5.74) is 0.708. The van der Waals surface area contributed by atoms with Crippen molar-refractivity contribution in [1.29, 1.82) is 5.26 Å². The average molecular weight is 365 g/mol. The van der Waals surface area contributed by atoms with Crippen LogP contribution in [-0.4, -0.2) is 35.6 Å². The summed E-state index contributed by atoms with van der Waals surface area (Å²) in [7, 11) is 0. The molecule has 0 aliphatic carbocycles. The van der Waals surface area contributed by atoms with Crippen molar-refractivity contribution in [2.24, 2.45) is 0 Å². The number of aromatic hydroxyl groups is 1. The van der Waals surface area contributed by atoms with Crippen LogP contribution < -0.4 is 4.74 Å². The first-order chi connectivity index (χ1) is 10.6. The van der Waals surface area contributed by atoms with E-state index >= 15 is 0 Å². The molecule has 6 heteroatoms. The standard InChI is InChI=1S/C16H17BrN2O3/c1-2-22-14-9-11(8-13(17)15(14)20)7-12(10-18)16(21)19-5-3-4-6-19/h7-9,20H,2-6H2,1H3/b12-7+. The van der Waals surface area contributed by atoms with E-state index in [0.717, 1.165) is 12.8 Å². The minimum Gasteiger partial charge on any atom is -0.503 e. The fourth-order valence-corrected chi connectivity index (χ4v) is 2.80. The van der Waals surface area contributed by atoms with E-state index in [-0.39, 0.29) is 17.2 Å². The van der Waals surface area contributed by atoms with Crippen LogP contribution in [0.4, 0.5) is 0 Å². The summed E-state index contributed by atoms with van der Waals surface area (Å²) in [5, 5.41) is 19.1. The van der Waals surface area contributed by atoms with Gasteiger partial charge < -0.3 is 14.7 Å². The monoisotopic (exact) mass is 364 g/mol. The van der Waals surface area contributed by atoms with Crippen LogP contribution in [0.15, 0.2) is 22.2 Å². The lowest BCUT2D eigenvalue weighted by atomic mass is 10.1. The van der Waals surface area contributed by atoms with Crippen molar-refractivity contribution >= 4 is 27.9 Å². The van der Waals surface area contributed by atoms with Crippen molar-refractivity contribution < 1.29 is 14.6 Å². The van der Waals surface area contributed by atoms with Gasteiger partial charge in [-0.2, -0.15) is 5.26 Å². The summed E-state index contributed by atoms with van der Waals surface area (Å²) >= 11 is 3.24. The van der Waals surface area contributed by atoms with Gasteiger partial charge >= 0.3 is 0 Å². The first kappa shape index (κ1) is 16.4. The Balaban J connectivity index is 2.33. The third-order valence-corrected chi connectivity index (χ3v) is 4.01. The molecule has 0 spiro atoms. The Morgan fingerprint density at radius 2 is 2.18 bits per heavy atom. The summed E-state index contributed by atoms with van der Waals surface area (Å²) in [6.07, 6.45) is 3.47. The van der Waals surface area contributed by atoms with Crippen molar-refractivity contribution in [3.8, 4) is 17.6 Å². The molecule has 1 amide bonds. The number of phenols is 1. The van der Waals surface area contributed by atoms with Gasteiger partial charge in [0.2, 0.25) is 0 Å². The molecule has 1 aliphatic rings. The second-order valence-corrected chi connectivity index (χ2v) is 5.81. The topological polar surface area (TPSA) is 73.6 Å². The van der Waals surface area contributed by atoms with E-state index in [1.807, 2.05) is 13.0 Å². The summed E-state index contributed by atoms with van der Waals surface area (Å²) < 4.78 is 5.80. The van der Waals surface area contributed by atoms with E-state index in [1.165, 1.54) is 6.08 Å². The number of nitriles is 1. The average Bonchev–Trinajstić information content (AvgIpc) is 3.03. The number of phenolic OH excluding ortho intramolecular Hbond substituents is 1. The number of hydrogen-bond acceptors (Lipinski definition) is 4. The van der Waals surface area contributed by atoms with Crippen LogP contribution in [0.5, 0.6) is 11.5 Å². The second-order valence-electron chi connectivity index (χ2n) is 4.95. The predicted octanol–water partition coefficient (Wildman–Crippen LogP) is 3.08. The zero-order valence-corrected chi connectivity index (χ0v) is 13.9. The number of carbonyl (C=O) groups is 1. The number of rotatable bonds is 4. The Labute approximate surface area is 137 Å². The Hall–Kier alpha value is -2.00. The molecular weight excluding hydrogens is 348 g/mol. The van der Waals surface area contributed by atoms with Crippen LogP contribution >= 0.6 is 15.9 Å². The summed E-state index contributed by atoms with van der Waals surface area (Å²) in [4.78, 5) is 14.0. The Morgan fingerprint density at radius 1 is 1.50 bits per heavy atom. The fraction of sp³-hybridized carbons (Fsp3) is 0.375. The molecule has 1 aromatic rings. The Bertz CT molecular complexity index is 644. The molecular formula is C16H17BrN2O3. The van der Waals surface area contributed by atoms with Crippen LogP contribution in [-0.2, 0) is 4.79 Å². The molecule has 0 radical (unpaired) electrons. The van der Waals surface area contributed by atoms with Gasteiger partial charge in [0.25, 0.3) is 5.91 Å². The molecule has 0 saturated carbocycles. The van der Waals surface area contributed by atoms with Gasteiger partial charge in [0, 0.05) is 13.1 Å². The molecule has 1 heterocycles. The van der Waals surface area contributed by atoms with Crippen molar-refractivity contribution in [3.63, 3.8) is 0 Å². The highest BCUT2D eigenvalue weighted by atomic mass is 79.9. The number of hydrogen-bond donors (Lipinski definition) is 1. The molecule has 1 aliphatic heterocycles. The molecule has 22 heavy (non-hydrogen) atoms. The first-order valence-electron chi connectivity index (χ1n) is 7.13. The maximum absolute atomic E-state index is 12.3. The number of halogens is 1. The molecule has 116 valence electrons. The number of amides is 1. The lowest BCUT2D eigenvalue weighted by Gasteiger charge is -2.14. The quantitative estimate of drug-likeness (QED) is 0.657. The van der Waals surface area contributed by atoms with Crippen LogP contribution in [0, 0.1) is 11.3 Å². The molecule has 1 aromatic carbocycles. The molecule has 0 aromatic heterocycles. The van der Waals surface area contributed by atoms with Gasteiger partial charge in [-0.05, 0) is 59.5 Å². The molecule has 0 unspecified atom stereocenters. The molecule has 1 N–H and O–H groups in total. The van der Waals surface area contributed by atoms with E-state index in [4.69, 9.17) is 4.74 Å². The zero-order valence-electron chi connectivity index (χ0n) is 12.3.